The molecule has 0 aromatic rings. The molecule has 0 aromatic heterocycles. The zero-order valence-corrected chi connectivity index (χ0v) is 15.7. The van der Waals surface area contributed by atoms with E-state index in [1.54, 1.807) is 13.8 Å². The number of esters is 1. The molecule has 0 aliphatic carbocycles. The number of carboxylic acid groups (broad SMARTS) is 1. The van der Waals surface area contributed by atoms with Crippen molar-refractivity contribution in [3.8, 4) is 0 Å². The molecule has 1 aliphatic rings. The monoisotopic (exact) mass is 355 g/mol. The summed E-state index contributed by atoms with van der Waals surface area (Å²) in [5, 5.41) is 9.42. The molecule has 1 fully saturated rings. The molecule has 1 rings (SSSR count). The predicted molar refractivity (Wildman–Crippen MR) is 92.0 cm³/mol. The van der Waals surface area contributed by atoms with E-state index in [1.807, 2.05) is 20.8 Å². The van der Waals surface area contributed by atoms with Crippen molar-refractivity contribution < 1.29 is 29.0 Å². The number of ketones is 1. The van der Waals surface area contributed by atoms with E-state index in [1.165, 1.54) is 4.90 Å². The molecule has 1 aliphatic heterocycles. The topological polar surface area (TPSA) is 93.1 Å². The molecule has 142 valence electrons. The van der Waals surface area contributed by atoms with Crippen molar-refractivity contribution in [1.82, 2.24) is 4.90 Å². The Morgan fingerprint density at radius 3 is 2.32 bits per heavy atom. The summed E-state index contributed by atoms with van der Waals surface area (Å²) in [5.41, 5.74) is -0.421. The molecular weight excluding hydrogens is 326 g/mol. The Morgan fingerprint density at radius 1 is 1.20 bits per heavy atom. The minimum absolute atomic E-state index is 0.106. The van der Waals surface area contributed by atoms with Crippen LogP contribution in [0, 0.1) is 11.3 Å². The van der Waals surface area contributed by atoms with E-state index in [0.717, 1.165) is 6.26 Å². The quantitative estimate of drug-likeness (QED) is 0.259. The van der Waals surface area contributed by atoms with E-state index in [-0.39, 0.29) is 36.0 Å². The van der Waals surface area contributed by atoms with Gasteiger partial charge in [-0.3, -0.25) is 4.79 Å². The number of amides is 1. The maximum Gasteiger partial charge on any atom is 0.407 e. The number of rotatable bonds is 6. The first-order chi connectivity index (χ1) is 11.6. The molecule has 7 nitrogen and oxygen atoms in total. The number of hydrogen-bond acceptors (Lipinski definition) is 5. The Labute approximate surface area is 149 Å². The van der Waals surface area contributed by atoms with Gasteiger partial charge in [-0.25, -0.2) is 9.59 Å². The molecule has 1 N–H and O–H groups in total. The average molecular weight is 355 g/mol. The van der Waals surface area contributed by atoms with E-state index < -0.39 is 18.0 Å². The second kappa shape index (κ2) is 8.87. The number of ether oxygens (including phenoxy) is 2. The molecule has 1 heterocycles. The van der Waals surface area contributed by atoms with Crippen LogP contribution in [0.15, 0.2) is 11.8 Å². The summed E-state index contributed by atoms with van der Waals surface area (Å²) in [6, 6.07) is -0.303. The molecule has 1 amide bonds. The highest BCUT2D eigenvalue weighted by atomic mass is 16.5. The lowest BCUT2D eigenvalue weighted by Crippen LogP contribution is -2.52. The smallest absolute Gasteiger partial charge is 0.407 e. The van der Waals surface area contributed by atoms with Crippen molar-refractivity contribution in [1.29, 1.82) is 0 Å². The summed E-state index contributed by atoms with van der Waals surface area (Å²) in [4.78, 5) is 37.8. The largest absolute Gasteiger partial charge is 0.500 e. The number of carbonyl (C=O) groups is 3. The highest BCUT2D eigenvalue weighted by Gasteiger charge is 2.42. The van der Waals surface area contributed by atoms with Crippen molar-refractivity contribution >= 4 is 17.8 Å². The summed E-state index contributed by atoms with van der Waals surface area (Å²) in [5.74, 6) is -1.48. The summed E-state index contributed by atoms with van der Waals surface area (Å²) >= 11 is 0. The zero-order valence-electron chi connectivity index (χ0n) is 15.7. The molecule has 2 atom stereocenters. The van der Waals surface area contributed by atoms with Gasteiger partial charge in [-0.05, 0) is 32.1 Å². The van der Waals surface area contributed by atoms with E-state index in [2.05, 4.69) is 0 Å². The number of likely N-dealkylation sites (tertiary alicyclic amines) is 1. The highest BCUT2D eigenvalue weighted by molar-refractivity contribution is 6.17. The van der Waals surface area contributed by atoms with Crippen LogP contribution in [0.1, 0.15) is 47.5 Å². The summed E-state index contributed by atoms with van der Waals surface area (Å²) < 4.78 is 10.1. The number of piperidine rings is 1. The Bertz CT molecular complexity index is 534. The van der Waals surface area contributed by atoms with E-state index in [9.17, 15) is 19.5 Å². The van der Waals surface area contributed by atoms with Gasteiger partial charge in [-0.1, -0.05) is 20.8 Å². The second-order valence-electron chi connectivity index (χ2n) is 7.15. The molecule has 7 heteroatoms. The van der Waals surface area contributed by atoms with Gasteiger partial charge in [0.25, 0.3) is 0 Å². The second-order valence-corrected chi connectivity index (χ2v) is 7.15. The van der Waals surface area contributed by atoms with Crippen LogP contribution in [0.25, 0.3) is 0 Å². The van der Waals surface area contributed by atoms with Gasteiger partial charge >= 0.3 is 12.1 Å². The van der Waals surface area contributed by atoms with Crippen LogP contribution in [-0.2, 0) is 19.1 Å². The molecule has 1 saturated heterocycles. The van der Waals surface area contributed by atoms with Crippen LogP contribution in [0.5, 0.6) is 0 Å². The lowest BCUT2D eigenvalue weighted by atomic mass is 9.75. The molecule has 0 saturated carbocycles. The lowest BCUT2D eigenvalue weighted by Gasteiger charge is -2.44. The molecule has 25 heavy (non-hydrogen) atoms. The molecule has 2 unspecified atom stereocenters. The fourth-order valence-electron chi connectivity index (χ4n) is 3.06. The van der Waals surface area contributed by atoms with Gasteiger partial charge in [0, 0.05) is 18.5 Å². The van der Waals surface area contributed by atoms with Crippen LogP contribution >= 0.6 is 0 Å². The summed E-state index contributed by atoms with van der Waals surface area (Å²) in [6.07, 6.45) is 0.926. The number of Topliss-reactive ketones (excluding diaryl/α,β-unsaturated/α-hetero) is 1. The molecule has 0 aromatic carbocycles. The van der Waals surface area contributed by atoms with Crippen molar-refractivity contribution in [2.45, 2.75) is 53.5 Å². The Kier molecular flexibility index (Phi) is 7.45. The predicted octanol–water partition coefficient (Wildman–Crippen LogP) is 2.84. The first-order valence-electron chi connectivity index (χ1n) is 8.66. The third-order valence-electron chi connectivity index (χ3n) is 4.35. The molecule has 0 radical (unpaired) electrons. The summed E-state index contributed by atoms with van der Waals surface area (Å²) in [7, 11) is 0. The van der Waals surface area contributed by atoms with Gasteiger partial charge in [-0.15, -0.1) is 0 Å². The molecule has 0 bridgehead atoms. The van der Waals surface area contributed by atoms with E-state index in [0.29, 0.717) is 19.4 Å². The number of nitrogens with zero attached hydrogens (tertiary/aromatic N) is 1. The number of carbonyl (C=O) groups excluding carboxylic acids is 2. The van der Waals surface area contributed by atoms with Crippen molar-refractivity contribution in [3.05, 3.63) is 11.8 Å². The average Bonchev–Trinajstić information content (AvgIpc) is 2.53. The van der Waals surface area contributed by atoms with E-state index in [4.69, 9.17) is 9.47 Å². The Balaban J connectivity index is 3.03. The Hall–Kier alpha value is -2.05. The normalized spacial score (nSPS) is 21.6. The number of hydrogen-bond donors (Lipinski definition) is 1. The zero-order chi connectivity index (χ0) is 19.2. The lowest BCUT2D eigenvalue weighted by molar-refractivity contribution is -0.141. The first kappa shape index (κ1) is 21.0. The van der Waals surface area contributed by atoms with Gasteiger partial charge in [0.15, 0.2) is 5.78 Å². The third kappa shape index (κ3) is 5.47. The van der Waals surface area contributed by atoms with Gasteiger partial charge in [-0.2, -0.15) is 0 Å². The van der Waals surface area contributed by atoms with Crippen LogP contribution in [0.3, 0.4) is 0 Å². The minimum atomic E-state index is -0.985. The SMILES string of the molecule is CCOC=C(C(=O)OCC)C(=O)C1CCN(C(=O)O)C(C(C)(C)C)C1. The van der Waals surface area contributed by atoms with Gasteiger partial charge < -0.3 is 19.5 Å². The fraction of sp³-hybridized carbons (Fsp3) is 0.722. The first-order valence-corrected chi connectivity index (χ1v) is 8.66. The molecule has 0 spiro atoms. The Morgan fingerprint density at radius 2 is 1.84 bits per heavy atom. The van der Waals surface area contributed by atoms with Crippen LogP contribution in [-0.4, -0.2) is 53.7 Å². The van der Waals surface area contributed by atoms with Crippen LogP contribution < -0.4 is 0 Å². The van der Waals surface area contributed by atoms with Gasteiger partial charge in [0.2, 0.25) is 0 Å². The third-order valence-corrected chi connectivity index (χ3v) is 4.35. The van der Waals surface area contributed by atoms with Gasteiger partial charge in [0.05, 0.1) is 13.2 Å². The van der Waals surface area contributed by atoms with Gasteiger partial charge in [0.1, 0.15) is 11.8 Å². The van der Waals surface area contributed by atoms with Crippen molar-refractivity contribution in [2.75, 3.05) is 19.8 Å². The minimum Gasteiger partial charge on any atom is -0.500 e. The summed E-state index contributed by atoms with van der Waals surface area (Å²) in [6.45, 7) is 10.0. The van der Waals surface area contributed by atoms with Crippen molar-refractivity contribution in [3.63, 3.8) is 0 Å². The maximum atomic E-state index is 12.9. The van der Waals surface area contributed by atoms with E-state index >= 15 is 0 Å². The van der Waals surface area contributed by atoms with Crippen LogP contribution in [0.2, 0.25) is 0 Å². The fourth-order valence-corrected chi connectivity index (χ4v) is 3.06. The maximum absolute atomic E-state index is 12.9. The van der Waals surface area contributed by atoms with Crippen LogP contribution in [0.4, 0.5) is 4.79 Å². The highest BCUT2D eigenvalue weighted by Crippen LogP contribution is 2.35. The molecular formula is C18H29NO6. The van der Waals surface area contributed by atoms with Crippen molar-refractivity contribution in [2.24, 2.45) is 11.3 Å². The standard InChI is InChI=1S/C18H29NO6/c1-6-24-11-13(16(21)25-7-2)15(20)12-8-9-19(17(22)23)14(10-12)18(3,4)5/h11-12,14H,6-10H2,1-5H3,(H,22,23).